The molecule has 0 radical (unpaired) electrons. The molecule has 172 valence electrons. The molecule has 0 fully saturated rings. The van der Waals surface area contributed by atoms with Crippen molar-refractivity contribution in [3.63, 3.8) is 0 Å². The second-order valence-electron chi connectivity index (χ2n) is 8.90. The molecule has 0 spiro atoms. The highest BCUT2D eigenvalue weighted by Gasteiger charge is 2.25. The highest BCUT2D eigenvalue weighted by Crippen LogP contribution is 2.24. The highest BCUT2D eigenvalue weighted by atomic mass is 16.4. The molecule has 29 heavy (non-hydrogen) atoms. The fourth-order valence-electron chi connectivity index (χ4n) is 4.11. The molecule has 0 heterocycles. The Morgan fingerprint density at radius 3 is 1.31 bits per heavy atom. The van der Waals surface area contributed by atoms with Crippen LogP contribution in [0.4, 0.5) is 0 Å². The molecule has 0 aromatic rings. The van der Waals surface area contributed by atoms with Gasteiger partial charge < -0.3 is 10.8 Å². The second-order valence-corrected chi connectivity index (χ2v) is 8.90. The number of carbonyl (C=O) groups excluding carboxylic acids is 1. The number of aliphatic carboxylic acids is 1. The van der Waals surface area contributed by atoms with E-state index < -0.39 is 11.9 Å². The molecule has 4 heteroatoms. The molecule has 0 aliphatic heterocycles. The Labute approximate surface area is 180 Å². The molecule has 0 aliphatic rings. The van der Waals surface area contributed by atoms with E-state index in [0.717, 1.165) is 32.1 Å². The largest absolute Gasteiger partial charge is 0.481 e. The van der Waals surface area contributed by atoms with Crippen LogP contribution < -0.4 is 5.73 Å². The maximum Gasteiger partial charge on any atom is 0.306 e. The number of carboxylic acids is 1. The van der Waals surface area contributed by atoms with Crippen molar-refractivity contribution in [3.8, 4) is 0 Å². The first-order chi connectivity index (χ1) is 14.0. The quantitative estimate of drug-likeness (QED) is 0.184. The fraction of sp³-hybridized carbons (Fsp3) is 0.920. The highest BCUT2D eigenvalue weighted by molar-refractivity contribution is 5.78. The lowest BCUT2D eigenvalue weighted by Gasteiger charge is -2.18. The van der Waals surface area contributed by atoms with Gasteiger partial charge in [0.15, 0.2) is 0 Å². The van der Waals surface area contributed by atoms with Crippen LogP contribution in [0.2, 0.25) is 0 Å². The standard InChI is InChI=1S/C25H49NO3/c1-3-5-7-9-11-13-15-17-19-22(24(26)27)21-23(25(28)29)20-18-16-14-12-10-8-6-4-2/h22-23H,3-21H2,1-2H3,(H2,26,27)(H,28,29). The van der Waals surface area contributed by atoms with Gasteiger partial charge in [-0.25, -0.2) is 0 Å². The summed E-state index contributed by atoms with van der Waals surface area (Å²) in [5, 5.41) is 9.56. The van der Waals surface area contributed by atoms with E-state index in [0.29, 0.717) is 12.8 Å². The van der Waals surface area contributed by atoms with Crippen molar-refractivity contribution < 1.29 is 14.7 Å². The maximum atomic E-state index is 11.8. The van der Waals surface area contributed by atoms with Crippen LogP contribution in [0.25, 0.3) is 0 Å². The Morgan fingerprint density at radius 1 is 0.621 bits per heavy atom. The van der Waals surface area contributed by atoms with Crippen LogP contribution in [0.15, 0.2) is 0 Å². The van der Waals surface area contributed by atoms with Gasteiger partial charge >= 0.3 is 5.97 Å². The molecule has 0 aromatic heterocycles. The van der Waals surface area contributed by atoms with Gasteiger partial charge in [0.2, 0.25) is 5.91 Å². The lowest BCUT2D eigenvalue weighted by atomic mass is 9.86. The summed E-state index contributed by atoms with van der Waals surface area (Å²) in [5.41, 5.74) is 5.58. The summed E-state index contributed by atoms with van der Waals surface area (Å²) in [6, 6.07) is 0. The Bertz CT molecular complexity index is 362. The summed E-state index contributed by atoms with van der Waals surface area (Å²) in [6.45, 7) is 4.45. The minimum atomic E-state index is -0.768. The SMILES string of the molecule is CCCCCCCCCCC(CC(CCCCCCCCCC)C(=O)O)C(N)=O. The van der Waals surface area contributed by atoms with Crippen LogP contribution in [0, 0.1) is 11.8 Å². The number of rotatable bonds is 22. The van der Waals surface area contributed by atoms with Crippen molar-refractivity contribution in [2.75, 3.05) is 0 Å². The molecule has 0 rings (SSSR count). The van der Waals surface area contributed by atoms with Crippen molar-refractivity contribution in [1.82, 2.24) is 0 Å². The van der Waals surface area contributed by atoms with E-state index in [4.69, 9.17) is 5.73 Å². The average molecular weight is 412 g/mol. The molecular formula is C25H49NO3. The molecule has 0 aliphatic carbocycles. The third-order valence-corrected chi connectivity index (χ3v) is 6.13. The Balaban J connectivity index is 4.02. The van der Waals surface area contributed by atoms with Crippen LogP contribution in [-0.2, 0) is 9.59 Å². The van der Waals surface area contributed by atoms with Crippen LogP contribution in [0.3, 0.4) is 0 Å². The molecule has 3 N–H and O–H groups in total. The van der Waals surface area contributed by atoms with E-state index in [-0.39, 0.29) is 11.8 Å². The summed E-state index contributed by atoms with van der Waals surface area (Å²) < 4.78 is 0. The summed E-state index contributed by atoms with van der Waals surface area (Å²) in [5.74, 6) is -1.81. The van der Waals surface area contributed by atoms with Gasteiger partial charge in [0.1, 0.15) is 0 Å². The summed E-state index contributed by atoms with van der Waals surface area (Å²) in [7, 11) is 0. The first-order valence-electron chi connectivity index (χ1n) is 12.5. The van der Waals surface area contributed by atoms with Crippen molar-refractivity contribution >= 4 is 11.9 Å². The number of hydrogen-bond acceptors (Lipinski definition) is 2. The molecule has 1 amide bonds. The monoisotopic (exact) mass is 411 g/mol. The van der Waals surface area contributed by atoms with Gasteiger partial charge in [-0.15, -0.1) is 0 Å². The van der Waals surface area contributed by atoms with E-state index in [1.165, 1.54) is 77.0 Å². The summed E-state index contributed by atoms with van der Waals surface area (Å²) in [6.07, 6.45) is 21.2. The zero-order valence-corrected chi connectivity index (χ0v) is 19.4. The molecule has 0 saturated heterocycles. The average Bonchev–Trinajstić information content (AvgIpc) is 2.69. The Kier molecular flexibility index (Phi) is 19.5. The second kappa shape index (κ2) is 20.2. The van der Waals surface area contributed by atoms with E-state index in [1.807, 2.05) is 0 Å². The molecule has 0 aromatic carbocycles. The number of hydrogen-bond donors (Lipinski definition) is 2. The van der Waals surface area contributed by atoms with Gasteiger partial charge in [0.05, 0.1) is 5.92 Å². The normalized spacial score (nSPS) is 13.3. The van der Waals surface area contributed by atoms with Crippen molar-refractivity contribution in [2.24, 2.45) is 17.6 Å². The third-order valence-electron chi connectivity index (χ3n) is 6.13. The smallest absolute Gasteiger partial charge is 0.306 e. The predicted octanol–water partition coefficient (Wildman–Crippen LogP) is 7.24. The first-order valence-corrected chi connectivity index (χ1v) is 12.5. The van der Waals surface area contributed by atoms with Crippen molar-refractivity contribution in [2.45, 2.75) is 136 Å². The van der Waals surface area contributed by atoms with E-state index in [9.17, 15) is 14.7 Å². The summed E-state index contributed by atoms with van der Waals surface area (Å²) in [4.78, 5) is 23.5. The maximum absolute atomic E-state index is 11.8. The fourth-order valence-corrected chi connectivity index (χ4v) is 4.11. The molecule has 2 atom stereocenters. The Hall–Kier alpha value is -1.06. The van der Waals surface area contributed by atoms with Gasteiger partial charge in [0, 0.05) is 5.92 Å². The predicted molar refractivity (Wildman–Crippen MR) is 123 cm³/mol. The van der Waals surface area contributed by atoms with Gasteiger partial charge in [-0.1, -0.05) is 117 Å². The zero-order chi connectivity index (χ0) is 21.7. The molecule has 2 unspecified atom stereocenters. The van der Waals surface area contributed by atoms with E-state index in [1.54, 1.807) is 0 Å². The van der Waals surface area contributed by atoms with Crippen molar-refractivity contribution in [1.29, 1.82) is 0 Å². The number of carbonyl (C=O) groups is 2. The van der Waals surface area contributed by atoms with Gasteiger partial charge in [-0.3, -0.25) is 9.59 Å². The van der Waals surface area contributed by atoms with Crippen LogP contribution >= 0.6 is 0 Å². The third kappa shape index (κ3) is 17.5. The first kappa shape index (κ1) is 27.9. The lowest BCUT2D eigenvalue weighted by Crippen LogP contribution is -2.28. The van der Waals surface area contributed by atoms with Gasteiger partial charge in [0.25, 0.3) is 0 Å². The van der Waals surface area contributed by atoms with E-state index in [2.05, 4.69) is 13.8 Å². The van der Waals surface area contributed by atoms with E-state index >= 15 is 0 Å². The molecule has 4 nitrogen and oxygen atoms in total. The van der Waals surface area contributed by atoms with Gasteiger partial charge in [-0.05, 0) is 19.3 Å². The number of unbranched alkanes of at least 4 members (excludes halogenated alkanes) is 14. The van der Waals surface area contributed by atoms with Crippen molar-refractivity contribution in [3.05, 3.63) is 0 Å². The summed E-state index contributed by atoms with van der Waals surface area (Å²) >= 11 is 0. The number of amides is 1. The number of carboxylic acid groups (broad SMARTS) is 1. The topological polar surface area (TPSA) is 80.4 Å². The zero-order valence-electron chi connectivity index (χ0n) is 19.4. The minimum absolute atomic E-state index is 0.287. The molecule has 0 bridgehead atoms. The molecular weight excluding hydrogens is 362 g/mol. The number of nitrogens with two attached hydrogens (primary N) is 1. The lowest BCUT2D eigenvalue weighted by molar-refractivity contribution is -0.143. The number of primary amides is 1. The van der Waals surface area contributed by atoms with Crippen LogP contribution in [0.5, 0.6) is 0 Å². The van der Waals surface area contributed by atoms with Crippen LogP contribution in [-0.4, -0.2) is 17.0 Å². The van der Waals surface area contributed by atoms with Crippen LogP contribution in [0.1, 0.15) is 136 Å². The minimum Gasteiger partial charge on any atom is -0.481 e. The van der Waals surface area contributed by atoms with Gasteiger partial charge in [-0.2, -0.15) is 0 Å². The Morgan fingerprint density at radius 2 is 0.966 bits per heavy atom. The molecule has 0 saturated carbocycles.